The van der Waals surface area contributed by atoms with E-state index >= 15 is 0 Å². The lowest BCUT2D eigenvalue weighted by Crippen LogP contribution is -2.24. The van der Waals surface area contributed by atoms with Crippen LogP contribution in [0.3, 0.4) is 0 Å². The van der Waals surface area contributed by atoms with Crippen molar-refractivity contribution in [3.05, 3.63) is 18.3 Å². The number of nitrogens with one attached hydrogen (secondary N) is 1. The topological polar surface area (TPSA) is 60.5 Å². The van der Waals surface area contributed by atoms with Crippen molar-refractivity contribution in [2.24, 2.45) is 0 Å². The molecule has 0 saturated heterocycles. The fraction of sp³-hybridized carbons (Fsp3) is 0.400. The zero-order valence-electron chi connectivity index (χ0n) is 9.45. The Morgan fingerprint density at radius 3 is 2.67 bits per heavy atom. The maximum atomic E-state index is 11.7. The third-order valence-electron chi connectivity index (χ3n) is 1.73. The summed E-state index contributed by atoms with van der Waals surface area (Å²) in [7, 11) is 1.44. The molecule has 1 amide bonds. The second-order valence-electron chi connectivity index (χ2n) is 3.25. The van der Waals surface area contributed by atoms with Crippen LogP contribution in [0.2, 0.25) is 0 Å². The average molecular weight is 264 g/mol. The van der Waals surface area contributed by atoms with E-state index in [1.165, 1.54) is 25.4 Å². The van der Waals surface area contributed by atoms with E-state index in [4.69, 9.17) is 4.74 Å². The van der Waals surface area contributed by atoms with Gasteiger partial charge in [-0.3, -0.25) is 4.79 Å². The van der Waals surface area contributed by atoms with Crippen LogP contribution in [0, 0.1) is 0 Å². The molecular weight excluding hydrogens is 253 g/mol. The molecule has 0 aliphatic carbocycles. The Kier molecular flexibility index (Phi) is 4.90. The summed E-state index contributed by atoms with van der Waals surface area (Å²) in [5, 5.41) is 2.33. The Labute approximate surface area is 101 Å². The molecule has 18 heavy (non-hydrogen) atoms. The van der Waals surface area contributed by atoms with Crippen LogP contribution in [0.4, 0.5) is 18.9 Å². The molecule has 0 bridgehead atoms. The second kappa shape index (κ2) is 6.20. The van der Waals surface area contributed by atoms with Crippen molar-refractivity contribution >= 4 is 11.6 Å². The maximum absolute atomic E-state index is 11.7. The molecule has 0 aliphatic rings. The van der Waals surface area contributed by atoms with Crippen LogP contribution in [-0.4, -0.2) is 37.4 Å². The van der Waals surface area contributed by atoms with Gasteiger partial charge in [0.2, 0.25) is 11.8 Å². The monoisotopic (exact) mass is 264 g/mol. The van der Waals surface area contributed by atoms with Crippen molar-refractivity contribution in [3.8, 4) is 5.88 Å². The summed E-state index contributed by atoms with van der Waals surface area (Å²) in [6.07, 6.45) is -3.12. The van der Waals surface area contributed by atoms with E-state index in [2.05, 4.69) is 15.0 Å². The van der Waals surface area contributed by atoms with Crippen molar-refractivity contribution in [1.82, 2.24) is 4.98 Å². The number of methoxy groups -OCH3 is 1. The smallest absolute Gasteiger partial charge is 0.411 e. The van der Waals surface area contributed by atoms with E-state index in [1.54, 1.807) is 0 Å². The molecule has 0 unspecified atom stereocenters. The molecule has 1 heterocycles. The van der Waals surface area contributed by atoms with Crippen molar-refractivity contribution in [1.29, 1.82) is 0 Å². The summed E-state index contributed by atoms with van der Waals surface area (Å²) < 4.78 is 44.2. The standard InChI is InChI=1S/C10H11F3N2O3/c1-17-9-3-2-7(4-14-9)15-8(16)5-18-6-10(11,12)13/h2-4H,5-6H2,1H3,(H,15,16). The summed E-state index contributed by atoms with van der Waals surface area (Å²) in [6.45, 7) is -2.13. The van der Waals surface area contributed by atoms with Crippen molar-refractivity contribution in [2.45, 2.75) is 6.18 Å². The molecule has 0 aliphatic heterocycles. The van der Waals surface area contributed by atoms with Gasteiger partial charge in [0, 0.05) is 6.07 Å². The van der Waals surface area contributed by atoms with Gasteiger partial charge in [-0.25, -0.2) is 4.98 Å². The lowest BCUT2D eigenvalue weighted by atomic mass is 10.4. The molecule has 5 nitrogen and oxygen atoms in total. The Morgan fingerprint density at radius 2 is 2.17 bits per heavy atom. The van der Waals surface area contributed by atoms with Crippen LogP contribution < -0.4 is 10.1 Å². The number of amides is 1. The number of halogens is 3. The first-order chi connectivity index (χ1) is 8.40. The van der Waals surface area contributed by atoms with E-state index in [-0.39, 0.29) is 0 Å². The summed E-state index contributed by atoms with van der Waals surface area (Å²) in [5.41, 5.74) is 0.344. The van der Waals surface area contributed by atoms with Crippen LogP contribution >= 0.6 is 0 Å². The number of alkyl halides is 3. The number of anilines is 1. The Bertz CT molecular complexity index is 392. The minimum absolute atomic E-state index is 0.344. The summed E-state index contributed by atoms with van der Waals surface area (Å²) in [4.78, 5) is 15.0. The van der Waals surface area contributed by atoms with Gasteiger partial charge in [0.1, 0.15) is 13.2 Å². The molecule has 0 fully saturated rings. The van der Waals surface area contributed by atoms with E-state index < -0.39 is 25.3 Å². The third-order valence-corrected chi connectivity index (χ3v) is 1.73. The molecule has 0 atom stereocenters. The predicted octanol–water partition coefficient (Wildman–Crippen LogP) is 1.61. The summed E-state index contributed by atoms with van der Waals surface area (Å²) >= 11 is 0. The summed E-state index contributed by atoms with van der Waals surface area (Å²) in [6, 6.07) is 3.01. The SMILES string of the molecule is COc1ccc(NC(=O)COCC(F)(F)F)cn1. The number of nitrogens with zero attached hydrogens (tertiary/aromatic N) is 1. The molecule has 1 aromatic heterocycles. The van der Waals surface area contributed by atoms with Crippen LogP contribution in [0.25, 0.3) is 0 Å². The number of ether oxygens (including phenoxy) is 2. The summed E-state index contributed by atoms with van der Waals surface area (Å²) in [5.74, 6) is -0.326. The second-order valence-corrected chi connectivity index (χ2v) is 3.25. The van der Waals surface area contributed by atoms with Gasteiger partial charge in [0.05, 0.1) is 19.0 Å². The van der Waals surface area contributed by atoms with E-state index in [0.717, 1.165) is 0 Å². The maximum Gasteiger partial charge on any atom is 0.411 e. The minimum atomic E-state index is -4.44. The highest BCUT2D eigenvalue weighted by molar-refractivity contribution is 5.91. The van der Waals surface area contributed by atoms with Gasteiger partial charge in [-0.2, -0.15) is 13.2 Å². The lowest BCUT2D eigenvalue weighted by Gasteiger charge is -2.08. The number of hydrogen-bond donors (Lipinski definition) is 1. The van der Waals surface area contributed by atoms with E-state index in [0.29, 0.717) is 11.6 Å². The molecule has 0 saturated carbocycles. The van der Waals surface area contributed by atoms with Gasteiger partial charge in [-0.15, -0.1) is 0 Å². The van der Waals surface area contributed by atoms with Gasteiger partial charge in [0.15, 0.2) is 0 Å². The Morgan fingerprint density at radius 1 is 1.44 bits per heavy atom. The highest BCUT2D eigenvalue weighted by Gasteiger charge is 2.27. The number of pyridine rings is 1. The zero-order chi connectivity index (χ0) is 13.6. The van der Waals surface area contributed by atoms with Gasteiger partial charge in [-0.1, -0.05) is 0 Å². The molecule has 0 aromatic carbocycles. The molecule has 1 aromatic rings. The molecular formula is C10H11F3N2O3. The highest BCUT2D eigenvalue weighted by atomic mass is 19.4. The van der Waals surface area contributed by atoms with Crippen LogP contribution in [-0.2, 0) is 9.53 Å². The fourth-order valence-electron chi connectivity index (χ4n) is 1.03. The number of hydrogen-bond acceptors (Lipinski definition) is 4. The van der Waals surface area contributed by atoms with Gasteiger partial charge >= 0.3 is 6.18 Å². The number of aromatic nitrogens is 1. The molecule has 0 radical (unpaired) electrons. The first-order valence-corrected chi connectivity index (χ1v) is 4.85. The zero-order valence-corrected chi connectivity index (χ0v) is 9.45. The quantitative estimate of drug-likeness (QED) is 0.877. The minimum Gasteiger partial charge on any atom is -0.481 e. The van der Waals surface area contributed by atoms with Crippen molar-refractivity contribution < 1.29 is 27.4 Å². The molecule has 1 rings (SSSR count). The Hall–Kier alpha value is -1.83. The number of rotatable bonds is 5. The van der Waals surface area contributed by atoms with Gasteiger partial charge in [0.25, 0.3) is 0 Å². The van der Waals surface area contributed by atoms with Crippen LogP contribution in [0.15, 0.2) is 18.3 Å². The molecule has 1 N–H and O–H groups in total. The predicted molar refractivity (Wildman–Crippen MR) is 56.3 cm³/mol. The van der Waals surface area contributed by atoms with Gasteiger partial charge < -0.3 is 14.8 Å². The molecule has 100 valence electrons. The average Bonchev–Trinajstić information content (AvgIpc) is 2.28. The largest absolute Gasteiger partial charge is 0.481 e. The van der Waals surface area contributed by atoms with Crippen molar-refractivity contribution in [2.75, 3.05) is 25.6 Å². The van der Waals surface area contributed by atoms with E-state index in [9.17, 15) is 18.0 Å². The molecule has 8 heteroatoms. The van der Waals surface area contributed by atoms with E-state index in [1.807, 2.05) is 0 Å². The first kappa shape index (κ1) is 14.2. The first-order valence-electron chi connectivity index (χ1n) is 4.85. The molecule has 0 spiro atoms. The number of carbonyl (C=O) groups excluding carboxylic acids is 1. The van der Waals surface area contributed by atoms with Crippen LogP contribution in [0.1, 0.15) is 0 Å². The normalized spacial score (nSPS) is 11.1. The van der Waals surface area contributed by atoms with Crippen LogP contribution in [0.5, 0.6) is 5.88 Å². The number of carbonyl (C=O) groups is 1. The fourth-order valence-corrected chi connectivity index (χ4v) is 1.03. The third kappa shape index (κ3) is 5.48. The highest BCUT2D eigenvalue weighted by Crippen LogP contribution is 2.14. The Balaban J connectivity index is 2.35. The van der Waals surface area contributed by atoms with Crippen molar-refractivity contribution in [3.63, 3.8) is 0 Å². The van der Waals surface area contributed by atoms with Gasteiger partial charge in [-0.05, 0) is 6.07 Å². The lowest BCUT2D eigenvalue weighted by molar-refractivity contribution is -0.174.